The summed E-state index contributed by atoms with van der Waals surface area (Å²) in [5.74, 6) is -0.647. The number of nitrogens with one attached hydrogen (secondary N) is 2. The monoisotopic (exact) mass is 294 g/mol. The number of hydrogen-bond donors (Lipinski definition) is 2. The Morgan fingerprint density at radius 3 is 2.85 bits per heavy atom. The van der Waals surface area contributed by atoms with Gasteiger partial charge >= 0.3 is 0 Å². The Morgan fingerprint density at radius 2 is 2.15 bits per heavy atom. The van der Waals surface area contributed by atoms with E-state index < -0.39 is 5.91 Å². The number of carbonyl (C=O) groups excluding carboxylic acids is 2. The average molecular weight is 295 g/mol. The van der Waals surface area contributed by atoms with Gasteiger partial charge in [0.1, 0.15) is 17.4 Å². The van der Waals surface area contributed by atoms with Gasteiger partial charge in [0.05, 0.1) is 24.3 Å². The highest BCUT2D eigenvalue weighted by Crippen LogP contribution is 2.08. The van der Waals surface area contributed by atoms with E-state index in [1.54, 1.807) is 0 Å². The number of likely N-dealkylation sites (N-methyl/N-ethyl adjacent to an activating group) is 1. The SMILES string of the molecule is CNC(=O)Cn1cc(NC(=O)c2cncc(Cl)n2)cn1. The van der Waals surface area contributed by atoms with Crippen LogP contribution in [0.15, 0.2) is 24.8 Å². The molecule has 0 radical (unpaired) electrons. The summed E-state index contributed by atoms with van der Waals surface area (Å²) in [5.41, 5.74) is 0.539. The van der Waals surface area contributed by atoms with E-state index in [0.29, 0.717) is 5.69 Å². The highest BCUT2D eigenvalue weighted by molar-refractivity contribution is 6.29. The van der Waals surface area contributed by atoms with Crippen LogP contribution in [0.5, 0.6) is 0 Å². The van der Waals surface area contributed by atoms with Crippen molar-refractivity contribution in [2.75, 3.05) is 12.4 Å². The summed E-state index contributed by atoms with van der Waals surface area (Å²) in [5, 5.41) is 9.14. The Balaban J connectivity index is 2.03. The van der Waals surface area contributed by atoms with E-state index in [0.717, 1.165) is 0 Å². The Labute approximate surface area is 119 Å². The minimum absolute atomic E-state index is 0.0728. The first-order valence-electron chi connectivity index (χ1n) is 5.60. The van der Waals surface area contributed by atoms with Crippen LogP contribution in [0.1, 0.15) is 10.5 Å². The number of amides is 2. The predicted octanol–water partition coefficient (Wildman–Crippen LogP) is 0.325. The Bertz CT molecular complexity index is 641. The summed E-state index contributed by atoms with van der Waals surface area (Å²) < 4.78 is 1.40. The van der Waals surface area contributed by atoms with Crippen molar-refractivity contribution in [3.63, 3.8) is 0 Å². The molecule has 2 amide bonds. The number of nitrogens with zero attached hydrogens (tertiary/aromatic N) is 4. The van der Waals surface area contributed by atoms with E-state index in [2.05, 4.69) is 25.7 Å². The van der Waals surface area contributed by atoms with Crippen molar-refractivity contribution in [2.45, 2.75) is 6.54 Å². The third kappa shape index (κ3) is 3.51. The van der Waals surface area contributed by atoms with Gasteiger partial charge in [-0.2, -0.15) is 5.10 Å². The largest absolute Gasteiger partial charge is 0.358 e. The Morgan fingerprint density at radius 1 is 1.35 bits per heavy atom. The summed E-state index contributed by atoms with van der Waals surface area (Å²) >= 11 is 5.65. The summed E-state index contributed by atoms with van der Waals surface area (Å²) in [6.07, 6.45) is 5.60. The number of halogens is 1. The summed E-state index contributed by atoms with van der Waals surface area (Å²) in [7, 11) is 1.53. The molecule has 104 valence electrons. The molecular weight excluding hydrogens is 284 g/mol. The Kier molecular flexibility index (Phi) is 4.26. The zero-order chi connectivity index (χ0) is 14.5. The first-order chi connectivity index (χ1) is 9.58. The average Bonchev–Trinajstić information content (AvgIpc) is 2.85. The second-order valence-electron chi connectivity index (χ2n) is 3.78. The number of aromatic nitrogens is 4. The molecule has 2 aromatic rings. The molecule has 2 N–H and O–H groups in total. The smallest absolute Gasteiger partial charge is 0.276 e. The Hall–Kier alpha value is -2.48. The third-order valence-corrected chi connectivity index (χ3v) is 2.50. The molecule has 0 bridgehead atoms. The van der Waals surface area contributed by atoms with Gasteiger partial charge in [-0.15, -0.1) is 0 Å². The molecule has 2 rings (SSSR count). The van der Waals surface area contributed by atoms with Gasteiger partial charge in [-0.05, 0) is 0 Å². The molecule has 0 aliphatic heterocycles. The zero-order valence-electron chi connectivity index (χ0n) is 10.5. The van der Waals surface area contributed by atoms with Gasteiger partial charge in [-0.3, -0.25) is 19.3 Å². The lowest BCUT2D eigenvalue weighted by atomic mass is 10.4. The fourth-order valence-electron chi connectivity index (χ4n) is 1.39. The lowest BCUT2D eigenvalue weighted by molar-refractivity contribution is -0.121. The van der Waals surface area contributed by atoms with Crippen LogP contribution in [-0.4, -0.2) is 38.6 Å². The fourth-order valence-corrected chi connectivity index (χ4v) is 1.53. The van der Waals surface area contributed by atoms with Crippen molar-refractivity contribution in [1.29, 1.82) is 0 Å². The normalized spacial score (nSPS) is 10.1. The molecule has 2 heterocycles. The minimum Gasteiger partial charge on any atom is -0.358 e. The van der Waals surface area contributed by atoms with Crippen LogP contribution in [0, 0.1) is 0 Å². The molecule has 0 aliphatic carbocycles. The van der Waals surface area contributed by atoms with Crippen LogP contribution in [0.3, 0.4) is 0 Å². The predicted molar refractivity (Wildman–Crippen MR) is 71.3 cm³/mol. The summed E-state index contributed by atoms with van der Waals surface area (Å²) in [6, 6.07) is 0. The standard InChI is InChI=1S/C11H11ClN6O2/c1-13-10(19)6-18-5-7(2-15-18)16-11(20)8-3-14-4-9(12)17-8/h2-5H,6H2,1H3,(H,13,19)(H,16,20). The fraction of sp³-hybridized carbons (Fsp3) is 0.182. The quantitative estimate of drug-likeness (QED) is 0.846. The molecule has 20 heavy (non-hydrogen) atoms. The maximum absolute atomic E-state index is 11.9. The molecule has 0 spiro atoms. The van der Waals surface area contributed by atoms with Crippen molar-refractivity contribution < 1.29 is 9.59 Å². The van der Waals surface area contributed by atoms with Crippen molar-refractivity contribution in [2.24, 2.45) is 0 Å². The second kappa shape index (κ2) is 6.11. The van der Waals surface area contributed by atoms with E-state index in [4.69, 9.17) is 11.6 Å². The molecule has 0 atom stereocenters. The van der Waals surface area contributed by atoms with Gasteiger partial charge in [0.2, 0.25) is 5.91 Å². The summed E-state index contributed by atoms with van der Waals surface area (Å²) in [4.78, 5) is 30.7. The number of anilines is 1. The maximum Gasteiger partial charge on any atom is 0.276 e. The zero-order valence-corrected chi connectivity index (χ0v) is 11.3. The molecule has 0 fully saturated rings. The van der Waals surface area contributed by atoms with Gasteiger partial charge in [0.15, 0.2) is 0 Å². The van der Waals surface area contributed by atoms with E-state index in [-0.39, 0.29) is 23.3 Å². The van der Waals surface area contributed by atoms with E-state index in [1.165, 1.54) is 36.5 Å². The summed E-state index contributed by atoms with van der Waals surface area (Å²) in [6.45, 7) is 0.0728. The van der Waals surface area contributed by atoms with Crippen molar-refractivity contribution in [3.05, 3.63) is 35.6 Å². The molecule has 2 aromatic heterocycles. The van der Waals surface area contributed by atoms with Crippen LogP contribution in [0.25, 0.3) is 0 Å². The van der Waals surface area contributed by atoms with Crippen molar-refractivity contribution in [3.8, 4) is 0 Å². The number of hydrogen-bond acceptors (Lipinski definition) is 5. The van der Waals surface area contributed by atoms with Crippen molar-refractivity contribution >= 4 is 29.1 Å². The molecule has 0 unspecified atom stereocenters. The number of rotatable bonds is 4. The van der Waals surface area contributed by atoms with E-state index in [9.17, 15) is 9.59 Å². The van der Waals surface area contributed by atoms with Gasteiger partial charge in [-0.25, -0.2) is 4.98 Å². The first-order valence-corrected chi connectivity index (χ1v) is 5.98. The van der Waals surface area contributed by atoms with Crippen LogP contribution in [0.2, 0.25) is 5.15 Å². The first kappa shape index (κ1) is 13.9. The number of carbonyl (C=O) groups is 2. The third-order valence-electron chi connectivity index (χ3n) is 2.31. The van der Waals surface area contributed by atoms with E-state index >= 15 is 0 Å². The maximum atomic E-state index is 11.9. The lowest BCUT2D eigenvalue weighted by Crippen LogP contribution is -2.23. The molecular formula is C11H11ClN6O2. The van der Waals surface area contributed by atoms with Gasteiger partial charge in [0.25, 0.3) is 5.91 Å². The molecule has 9 heteroatoms. The highest BCUT2D eigenvalue weighted by atomic mass is 35.5. The van der Waals surface area contributed by atoms with Gasteiger partial charge in [0, 0.05) is 13.2 Å². The molecule has 0 saturated heterocycles. The molecule has 0 aliphatic rings. The highest BCUT2D eigenvalue weighted by Gasteiger charge is 2.10. The topological polar surface area (TPSA) is 102 Å². The van der Waals surface area contributed by atoms with E-state index in [1.807, 2.05) is 0 Å². The van der Waals surface area contributed by atoms with Gasteiger partial charge in [-0.1, -0.05) is 11.6 Å². The lowest BCUT2D eigenvalue weighted by Gasteiger charge is -2.01. The van der Waals surface area contributed by atoms with Crippen LogP contribution >= 0.6 is 11.6 Å². The molecule has 0 aromatic carbocycles. The van der Waals surface area contributed by atoms with Gasteiger partial charge < -0.3 is 10.6 Å². The van der Waals surface area contributed by atoms with Crippen LogP contribution < -0.4 is 10.6 Å². The van der Waals surface area contributed by atoms with Crippen molar-refractivity contribution in [1.82, 2.24) is 25.1 Å². The van der Waals surface area contributed by atoms with Crippen LogP contribution in [0.4, 0.5) is 5.69 Å². The molecule has 0 saturated carbocycles. The minimum atomic E-state index is -0.459. The van der Waals surface area contributed by atoms with Crippen LogP contribution in [-0.2, 0) is 11.3 Å². The second-order valence-corrected chi connectivity index (χ2v) is 4.17. The molecule has 8 nitrogen and oxygen atoms in total.